The molecule has 6 heteroatoms. The maximum atomic E-state index is 12.4. The Bertz CT molecular complexity index is 983. The third kappa shape index (κ3) is 5.65. The molecule has 0 atom stereocenters. The smallest absolute Gasteiger partial charge is 0.253 e. The average molecular weight is 389 g/mol. The fourth-order valence-corrected chi connectivity index (χ4v) is 2.71. The lowest BCUT2D eigenvalue weighted by Gasteiger charge is -2.08. The molecule has 0 aliphatic carbocycles. The number of nitrogens with one attached hydrogen (secondary N) is 2. The number of nitrogens with zero attached hydrogens (tertiary/aromatic N) is 1. The number of aryl methyl sites for hydroxylation is 1. The van der Waals surface area contributed by atoms with E-state index in [2.05, 4.69) is 15.6 Å². The molecule has 0 unspecified atom stereocenters. The van der Waals surface area contributed by atoms with Crippen molar-refractivity contribution >= 4 is 11.8 Å². The second-order valence-corrected chi connectivity index (χ2v) is 6.66. The Labute approximate surface area is 169 Å². The van der Waals surface area contributed by atoms with Gasteiger partial charge in [-0.25, -0.2) is 0 Å². The number of hydrogen-bond donors (Lipinski definition) is 2. The number of pyridine rings is 1. The molecule has 0 spiro atoms. The number of carbonyl (C=O) groups excluding carboxylic acids is 2. The molecule has 1 aromatic heterocycles. The zero-order chi connectivity index (χ0) is 20.6. The lowest BCUT2D eigenvalue weighted by molar-refractivity contribution is 0.0950. The predicted octanol–water partition coefficient (Wildman–Crippen LogP) is 3.26. The van der Waals surface area contributed by atoms with Gasteiger partial charge in [0.25, 0.3) is 11.8 Å². The van der Waals surface area contributed by atoms with Gasteiger partial charge in [-0.1, -0.05) is 42.0 Å². The molecule has 0 radical (unpaired) electrons. The molecule has 29 heavy (non-hydrogen) atoms. The van der Waals surface area contributed by atoms with E-state index in [-0.39, 0.29) is 11.8 Å². The molecule has 0 saturated carbocycles. The number of carbonyl (C=O) groups is 2. The summed E-state index contributed by atoms with van der Waals surface area (Å²) in [6.07, 6.45) is 2.89. The normalized spacial score (nSPS) is 10.3. The Kier molecular flexibility index (Phi) is 6.58. The number of methoxy groups -OCH3 is 1. The first-order valence-corrected chi connectivity index (χ1v) is 9.25. The third-order valence-corrected chi connectivity index (χ3v) is 4.45. The van der Waals surface area contributed by atoms with E-state index in [1.807, 2.05) is 55.5 Å². The van der Waals surface area contributed by atoms with Crippen LogP contribution in [0.15, 0.2) is 67.0 Å². The van der Waals surface area contributed by atoms with Crippen LogP contribution < -0.4 is 15.4 Å². The summed E-state index contributed by atoms with van der Waals surface area (Å²) in [6, 6.07) is 16.9. The highest BCUT2D eigenvalue weighted by Crippen LogP contribution is 2.11. The van der Waals surface area contributed by atoms with Crippen molar-refractivity contribution in [2.45, 2.75) is 20.0 Å². The number of amides is 2. The quantitative estimate of drug-likeness (QED) is 0.650. The van der Waals surface area contributed by atoms with E-state index in [4.69, 9.17) is 4.74 Å². The van der Waals surface area contributed by atoms with Gasteiger partial charge in [0.2, 0.25) is 0 Å². The first-order valence-electron chi connectivity index (χ1n) is 9.25. The standard InChI is InChI=1S/C23H23N3O3/c1-16-3-5-17(6-4-16)12-25-22(27)19-11-20(15-24-14-19)23(28)26-13-18-7-9-21(29-2)10-8-18/h3-11,14-15H,12-13H2,1-2H3,(H,25,27)(H,26,28). The summed E-state index contributed by atoms with van der Waals surface area (Å²) in [5, 5.41) is 5.68. The van der Waals surface area contributed by atoms with Crippen molar-refractivity contribution in [2.24, 2.45) is 0 Å². The van der Waals surface area contributed by atoms with E-state index < -0.39 is 0 Å². The van der Waals surface area contributed by atoms with E-state index in [1.165, 1.54) is 12.4 Å². The van der Waals surface area contributed by atoms with Crippen molar-refractivity contribution in [1.29, 1.82) is 0 Å². The Hall–Kier alpha value is -3.67. The third-order valence-electron chi connectivity index (χ3n) is 4.45. The second kappa shape index (κ2) is 9.50. The van der Waals surface area contributed by atoms with Crippen molar-refractivity contribution < 1.29 is 14.3 Å². The van der Waals surface area contributed by atoms with Crippen LogP contribution in [0.25, 0.3) is 0 Å². The first kappa shape index (κ1) is 20.1. The molecule has 0 fully saturated rings. The van der Waals surface area contributed by atoms with Gasteiger partial charge in [-0.15, -0.1) is 0 Å². The summed E-state index contributed by atoms with van der Waals surface area (Å²) in [4.78, 5) is 28.9. The van der Waals surface area contributed by atoms with E-state index in [9.17, 15) is 9.59 Å². The fraction of sp³-hybridized carbons (Fsp3) is 0.174. The molecule has 2 N–H and O–H groups in total. The van der Waals surface area contributed by atoms with Crippen molar-refractivity contribution in [1.82, 2.24) is 15.6 Å². The SMILES string of the molecule is COc1ccc(CNC(=O)c2cncc(C(=O)NCc3ccc(C)cc3)c2)cc1. The van der Waals surface area contributed by atoms with Crippen LogP contribution in [0.3, 0.4) is 0 Å². The summed E-state index contributed by atoms with van der Waals surface area (Å²) in [7, 11) is 1.60. The van der Waals surface area contributed by atoms with Crippen LogP contribution in [0.4, 0.5) is 0 Å². The summed E-state index contributed by atoms with van der Waals surface area (Å²) >= 11 is 0. The van der Waals surface area contributed by atoms with E-state index >= 15 is 0 Å². The van der Waals surface area contributed by atoms with Crippen molar-refractivity contribution in [3.63, 3.8) is 0 Å². The molecule has 0 aliphatic rings. The van der Waals surface area contributed by atoms with Gasteiger partial charge in [0.1, 0.15) is 5.75 Å². The molecule has 148 valence electrons. The molecule has 2 amide bonds. The topological polar surface area (TPSA) is 80.3 Å². The minimum absolute atomic E-state index is 0.275. The highest BCUT2D eigenvalue weighted by molar-refractivity contribution is 5.99. The largest absolute Gasteiger partial charge is 0.497 e. The molecule has 2 aromatic carbocycles. The minimum atomic E-state index is -0.290. The molecule has 0 saturated heterocycles. The highest BCUT2D eigenvalue weighted by Gasteiger charge is 2.11. The van der Waals surface area contributed by atoms with Gasteiger partial charge in [0, 0.05) is 25.5 Å². The zero-order valence-electron chi connectivity index (χ0n) is 16.4. The van der Waals surface area contributed by atoms with Crippen LogP contribution in [0.1, 0.15) is 37.4 Å². The van der Waals surface area contributed by atoms with Crippen molar-refractivity contribution in [3.8, 4) is 5.75 Å². The molecular formula is C23H23N3O3. The average Bonchev–Trinajstić information content (AvgIpc) is 2.77. The Balaban J connectivity index is 1.57. The Morgan fingerprint density at radius 3 is 1.79 bits per heavy atom. The molecule has 0 bridgehead atoms. The summed E-state index contributed by atoms with van der Waals surface area (Å²) in [5.74, 6) is 0.193. The maximum absolute atomic E-state index is 12.4. The summed E-state index contributed by atoms with van der Waals surface area (Å²) in [6.45, 7) is 2.79. The lowest BCUT2D eigenvalue weighted by Crippen LogP contribution is -2.25. The van der Waals surface area contributed by atoms with Crippen LogP contribution in [0.5, 0.6) is 5.75 Å². The van der Waals surface area contributed by atoms with Gasteiger partial charge >= 0.3 is 0 Å². The Morgan fingerprint density at radius 2 is 1.31 bits per heavy atom. The first-order chi connectivity index (χ1) is 14.0. The van der Waals surface area contributed by atoms with Gasteiger partial charge in [-0.05, 0) is 36.2 Å². The van der Waals surface area contributed by atoms with E-state index in [1.54, 1.807) is 13.2 Å². The summed E-state index contributed by atoms with van der Waals surface area (Å²) < 4.78 is 5.12. The molecule has 3 aromatic rings. The van der Waals surface area contributed by atoms with Crippen LogP contribution >= 0.6 is 0 Å². The van der Waals surface area contributed by atoms with Gasteiger partial charge in [-0.3, -0.25) is 14.6 Å². The minimum Gasteiger partial charge on any atom is -0.497 e. The van der Waals surface area contributed by atoms with E-state index in [0.717, 1.165) is 22.4 Å². The van der Waals surface area contributed by atoms with Crippen LogP contribution in [0.2, 0.25) is 0 Å². The molecular weight excluding hydrogens is 366 g/mol. The van der Waals surface area contributed by atoms with Gasteiger partial charge in [0.15, 0.2) is 0 Å². The van der Waals surface area contributed by atoms with Crippen LogP contribution in [-0.4, -0.2) is 23.9 Å². The van der Waals surface area contributed by atoms with Crippen LogP contribution in [-0.2, 0) is 13.1 Å². The van der Waals surface area contributed by atoms with Gasteiger partial charge in [0.05, 0.1) is 18.2 Å². The van der Waals surface area contributed by atoms with Crippen molar-refractivity contribution in [2.75, 3.05) is 7.11 Å². The highest BCUT2D eigenvalue weighted by atomic mass is 16.5. The zero-order valence-corrected chi connectivity index (χ0v) is 16.4. The maximum Gasteiger partial charge on any atom is 0.253 e. The number of aromatic nitrogens is 1. The molecule has 0 aliphatic heterocycles. The van der Waals surface area contributed by atoms with Crippen molar-refractivity contribution in [3.05, 3.63) is 94.8 Å². The predicted molar refractivity (Wildman–Crippen MR) is 111 cm³/mol. The Morgan fingerprint density at radius 1 is 0.828 bits per heavy atom. The molecule has 6 nitrogen and oxygen atoms in total. The molecule has 1 heterocycles. The molecule has 3 rings (SSSR count). The lowest BCUT2D eigenvalue weighted by atomic mass is 10.1. The number of hydrogen-bond acceptors (Lipinski definition) is 4. The second-order valence-electron chi connectivity index (χ2n) is 6.66. The van der Waals surface area contributed by atoms with Gasteiger partial charge in [-0.2, -0.15) is 0 Å². The number of ether oxygens (including phenoxy) is 1. The summed E-state index contributed by atoms with van der Waals surface area (Å²) in [5.41, 5.74) is 3.79. The fourth-order valence-electron chi connectivity index (χ4n) is 2.71. The number of benzene rings is 2. The van der Waals surface area contributed by atoms with Gasteiger partial charge < -0.3 is 15.4 Å². The van der Waals surface area contributed by atoms with Crippen LogP contribution in [0, 0.1) is 6.92 Å². The van der Waals surface area contributed by atoms with E-state index in [0.29, 0.717) is 24.2 Å². The monoisotopic (exact) mass is 389 g/mol. The number of rotatable bonds is 7.